The Hall–Kier alpha value is -1.35. The summed E-state index contributed by atoms with van der Waals surface area (Å²) in [6, 6.07) is 14.5. The molecule has 2 aromatic carbocycles. The third-order valence-electron chi connectivity index (χ3n) is 2.81. The maximum atomic E-state index is 12.8. The lowest BCUT2D eigenvalue weighted by Crippen LogP contribution is -1.95. The maximum absolute atomic E-state index is 12.8. The molecule has 0 heterocycles. The van der Waals surface area contributed by atoms with Gasteiger partial charge in [-0.05, 0) is 41.8 Å². The zero-order valence-corrected chi connectivity index (χ0v) is 11.7. The van der Waals surface area contributed by atoms with Crippen molar-refractivity contribution in [2.24, 2.45) is 0 Å². The van der Waals surface area contributed by atoms with E-state index in [4.69, 9.17) is 4.74 Å². The van der Waals surface area contributed by atoms with Gasteiger partial charge in [0.05, 0.1) is 7.11 Å². The van der Waals surface area contributed by atoms with Crippen LogP contribution in [0, 0.1) is 5.82 Å². The van der Waals surface area contributed by atoms with E-state index in [1.165, 1.54) is 17.7 Å². The zero-order chi connectivity index (χ0) is 13.0. The number of hydrogen-bond acceptors (Lipinski definition) is 1. The van der Waals surface area contributed by atoms with E-state index >= 15 is 0 Å². The number of alkyl halides is 1. The van der Waals surface area contributed by atoms with Crippen LogP contribution >= 0.6 is 15.9 Å². The molecule has 0 aliphatic carbocycles. The molecule has 3 heteroatoms. The summed E-state index contributed by atoms with van der Waals surface area (Å²) in [5, 5.41) is 0. The molecule has 0 radical (unpaired) electrons. The minimum atomic E-state index is -0.200. The van der Waals surface area contributed by atoms with Crippen LogP contribution in [0.15, 0.2) is 48.5 Å². The molecule has 1 atom stereocenters. The van der Waals surface area contributed by atoms with Crippen molar-refractivity contribution in [1.82, 2.24) is 0 Å². The van der Waals surface area contributed by atoms with Crippen LogP contribution < -0.4 is 4.74 Å². The van der Waals surface area contributed by atoms with Crippen molar-refractivity contribution in [3.05, 3.63) is 65.5 Å². The van der Waals surface area contributed by atoms with Gasteiger partial charge in [0, 0.05) is 4.83 Å². The fourth-order valence-electron chi connectivity index (χ4n) is 1.76. The number of hydrogen-bond donors (Lipinski definition) is 0. The number of rotatable bonds is 4. The van der Waals surface area contributed by atoms with Crippen LogP contribution in [0.1, 0.15) is 16.0 Å². The highest BCUT2D eigenvalue weighted by Gasteiger charge is 2.08. The van der Waals surface area contributed by atoms with Crippen LogP contribution in [0.25, 0.3) is 0 Å². The minimum absolute atomic E-state index is 0.200. The highest BCUT2D eigenvalue weighted by Crippen LogP contribution is 2.28. The summed E-state index contributed by atoms with van der Waals surface area (Å²) in [4.78, 5) is 0.217. The average Bonchev–Trinajstić information content (AvgIpc) is 2.41. The molecule has 0 amide bonds. The molecule has 2 rings (SSSR count). The molecule has 0 saturated carbocycles. The highest BCUT2D eigenvalue weighted by atomic mass is 79.9. The van der Waals surface area contributed by atoms with Gasteiger partial charge in [-0.2, -0.15) is 0 Å². The van der Waals surface area contributed by atoms with Crippen LogP contribution in [0.2, 0.25) is 0 Å². The van der Waals surface area contributed by atoms with Crippen LogP contribution in [0.4, 0.5) is 4.39 Å². The molecule has 18 heavy (non-hydrogen) atoms. The predicted octanol–water partition coefficient (Wildman–Crippen LogP) is 4.51. The van der Waals surface area contributed by atoms with Crippen molar-refractivity contribution in [3.63, 3.8) is 0 Å². The Morgan fingerprint density at radius 1 is 1.06 bits per heavy atom. The van der Waals surface area contributed by atoms with Gasteiger partial charge in [-0.3, -0.25) is 0 Å². The molecule has 1 nitrogen and oxygen atoms in total. The van der Waals surface area contributed by atoms with Crippen molar-refractivity contribution < 1.29 is 9.13 Å². The van der Waals surface area contributed by atoms with Gasteiger partial charge < -0.3 is 4.74 Å². The SMILES string of the molecule is COc1ccc(C(Br)Cc2ccc(F)cc2)cc1. The van der Waals surface area contributed by atoms with Crippen LogP contribution in [0.5, 0.6) is 5.75 Å². The Morgan fingerprint density at radius 2 is 1.67 bits per heavy atom. The Labute approximate surface area is 115 Å². The maximum Gasteiger partial charge on any atom is 0.123 e. The van der Waals surface area contributed by atoms with Crippen LogP contribution in [-0.4, -0.2) is 7.11 Å². The lowest BCUT2D eigenvalue weighted by molar-refractivity contribution is 0.414. The summed E-state index contributed by atoms with van der Waals surface area (Å²) in [5.74, 6) is 0.648. The Bertz CT molecular complexity index is 493. The van der Waals surface area contributed by atoms with E-state index in [1.807, 2.05) is 36.4 Å². The van der Waals surface area contributed by atoms with E-state index < -0.39 is 0 Å². The third-order valence-corrected chi connectivity index (χ3v) is 3.66. The van der Waals surface area contributed by atoms with Gasteiger partial charge in [-0.15, -0.1) is 0 Å². The monoisotopic (exact) mass is 308 g/mol. The molecule has 0 aliphatic rings. The van der Waals surface area contributed by atoms with E-state index in [0.717, 1.165) is 17.7 Å². The van der Waals surface area contributed by atoms with Crippen LogP contribution in [-0.2, 0) is 6.42 Å². The second-order valence-electron chi connectivity index (χ2n) is 4.07. The summed E-state index contributed by atoms with van der Waals surface area (Å²) in [7, 11) is 1.65. The second-order valence-corrected chi connectivity index (χ2v) is 5.18. The molecule has 0 bridgehead atoms. The molecule has 0 aliphatic heterocycles. The van der Waals surface area contributed by atoms with Crippen molar-refractivity contribution in [1.29, 1.82) is 0 Å². The second kappa shape index (κ2) is 6.01. The van der Waals surface area contributed by atoms with E-state index in [0.29, 0.717) is 0 Å². The number of benzene rings is 2. The van der Waals surface area contributed by atoms with Crippen LogP contribution in [0.3, 0.4) is 0 Å². The minimum Gasteiger partial charge on any atom is -0.497 e. The van der Waals surface area contributed by atoms with E-state index in [9.17, 15) is 4.39 Å². The smallest absolute Gasteiger partial charge is 0.123 e. The van der Waals surface area contributed by atoms with Gasteiger partial charge in [-0.1, -0.05) is 40.2 Å². The van der Waals surface area contributed by atoms with Crippen molar-refractivity contribution in [2.45, 2.75) is 11.2 Å². The Balaban J connectivity index is 2.06. The summed E-state index contributed by atoms with van der Waals surface area (Å²) >= 11 is 3.65. The molecule has 0 N–H and O–H groups in total. The molecule has 2 aromatic rings. The van der Waals surface area contributed by atoms with E-state index in [2.05, 4.69) is 15.9 Å². The highest BCUT2D eigenvalue weighted by molar-refractivity contribution is 9.09. The van der Waals surface area contributed by atoms with E-state index in [1.54, 1.807) is 7.11 Å². The number of methoxy groups -OCH3 is 1. The first kappa shape index (κ1) is 13.1. The lowest BCUT2D eigenvalue weighted by atomic mass is 10.0. The Morgan fingerprint density at radius 3 is 2.22 bits per heavy atom. The molecular formula is C15H14BrFO. The van der Waals surface area contributed by atoms with E-state index in [-0.39, 0.29) is 10.6 Å². The summed E-state index contributed by atoms with van der Waals surface area (Å²) in [5.41, 5.74) is 2.29. The summed E-state index contributed by atoms with van der Waals surface area (Å²) in [6.45, 7) is 0. The molecule has 0 fully saturated rings. The number of halogens is 2. The van der Waals surface area contributed by atoms with Crippen molar-refractivity contribution in [2.75, 3.05) is 7.11 Å². The lowest BCUT2D eigenvalue weighted by Gasteiger charge is -2.11. The first-order chi connectivity index (χ1) is 8.69. The molecule has 0 spiro atoms. The molecule has 0 aromatic heterocycles. The first-order valence-electron chi connectivity index (χ1n) is 5.71. The largest absolute Gasteiger partial charge is 0.497 e. The van der Waals surface area contributed by atoms with Crippen molar-refractivity contribution >= 4 is 15.9 Å². The van der Waals surface area contributed by atoms with Crippen molar-refractivity contribution in [3.8, 4) is 5.75 Å². The molecule has 0 saturated heterocycles. The Kier molecular flexibility index (Phi) is 4.37. The van der Waals surface area contributed by atoms with Gasteiger partial charge >= 0.3 is 0 Å². The summed E-state index contributed by atoms with van der Waals surface area (Å²) < 4.78 is 17.9. The molecular weight excluding hydrogens is 295 g/mol. The van der Waals surface area contributed by atoms with Gasteiger partial charge in [0.15, 0.2) is 0 Å². The molecule has 94 valence electrons. The normalized spacial score (nSPS) is 12.2. The van der Waals surface area contributed by atoms with Gasteiger partial charge in [0.2, 0.25) is 0 Å². The third kappa shape index (κ3) is 3.33. The average molecular weight is 309 g/mol. The quantitative estimate of drug-likeness (QED) is 0.755. The fraction of sp³-hybridized carbons (Fsp3) is 0.200. The fourth-order valence-corrected chi connectivity index (χ4v) is 2.44. The van der Waals surface area contributed by atoms with Gasteiger partial charge in [0.1, 0.15) is 11.6 Å². The standard InChI is InChI=1S/C15H14BrFO/c1-18-14-8-4-12(5-9-14)15(16)10-11-2-6-13(17)7-3-11/h2-9,15H,10H2,1H3. The zero-order valence-electron chi connectivity index (χ0n) is 10.1. The predicted molar refractivity (Wildman–Crippen MR) is 74.8 cm³/mol. The molecule has 1 unspecified atom stereocenters. The number of ether oxygens (including phenoxy) is 1. The van der Waals surface area contributed by atoms with Gasteiger partial charge in [-0.25, -0.2) is 4.39 Å². The first-order valence-corrected chi connectivity index (χ1v) is 6.63. The van der Waals surface area contributed by atoms with Gasteiger partial charge in [0.25, 0.3) is 0 Å². The summed E-state index contributed by atoms with van der Waals surface area (Å²) in [6.07, 6.45) is 0.826. The topological polar surface area (TPSA) is 9.23 Å².